The minimum Gasteiger partial charge on any atom is -0.314 e. The Balaban J connectivity index is 2.02. The molecule has 0 amide bonds. The number of hydrogen-bond acceptors (Lipinski definition) is 3. The molecule has 1 heterocycles. The summed E-state index contributed by atoms with van der Waals surface area (Å²) in [6, 6.07) is 0.791. The van der Waals surface area contributed by atoms with Crippen molar-refractivity contribution in [3.63, 3.8) is 0 Å². The van der Waals surface area contributed by atoms with E-state index in [2.05, 4.69) is 29.1 Å². The predicted molar refractivity (Wildman–Crippen MR) is 65.5 cm³/mol. The van der Waals surface area contributed by atoms with Gasteiger partial charge in [0.25, 0.3) is 0 Å². The number of aromatic nitrogens is 2. The van der Waals surface area contributed by atoms with E-state index in [0.29, 0.717) is 0 Å². The zero-order valence-electron chi connectivity index (χ0n) is 10.3. The second-order valence-corrected chi connectivity index (χ2v) is 4.43. The smallest absolute Gasteiger partial charge is 0.115 e. The molecule has 0 aromatic carbocycles. The Morgan fingerprint density at radius 2 is 1.81 bits per heavy atom. The van der Waals surface area contributed by atoms with Crippen LogP contribution < -0.4 is 5.32 Å². The maximum atomic E-state index is 4.38. The van der Waals surface area contributed by atoms with Gasteiger partial charge in [-0.05, 0) is 44.2 Å². The van der Waals surface area contributed by atoms with Crippen molar-refractivity contribution in [2.24, 2.45) is 0 Å². The molecule has 16 heavy (non-hydrogen) atoms. The first-order chi connectivity index (χ1) is 7.85. The lowest BCUT2D eigenvalue weighted by atomic mass is 10.0. The Bertz CT molecular complexity index is 323. The molecular formula is C13H21N3. The van der Waals surface area contributed by atoms with Crippen LogP contribution in [-0.4, -0.2) is 22.6 Å². The van der Waals surface area contributed by atoms with Gasteiger partial charge < -0.3 is 5.32 Å². The van der Waals surface area contributed by atoms with Crippen LogP contribution in [0, 0.1) is 0 Å². The third kappa shape index (κ3) is 2.79. The summed E-state index contributed by atoms with van der Waals surface area (Å²) in [5.74, 6) is 0. The second kappa shape index (κ2) is 5.39. The zero-order valence-corrected chi connectivity index (χ0v) is 10.3. The van der Waals surface area contributed by atoms with E-state index < -0.39 is 0 Å². The van der Waals surface area contributed by atoms with Crippen molar-refractivity contribution in [1.82, 2.24) is 15.3 Å². The molecule has 1 aromatic rings. The molecule has 0 spiro atoms. The Morgan fingerprint density at radius 1 is 1.19 bits per heavy atom. The van der Waals surface area contributed by atoms with E-state index in [-0.39, 0.29) is 0 Å². The maximum absolute atomic E-state index is 4.38. The summed E-state index contributed by atoms with van der Waals surface area (Å²) in [6.45, 7) is 5.40. The third-order valence-electron chi connectivity index (χ3n) is 3.18. The van der Waals surface area contributed by atoms with Gasteiger partial charge in [-0.3, -0.25) is 0 Å². The SMILES string of the molecule is CCc1ncnc(CC)c1CCNC1CC1. The van der Waals surface area contributed by atoms with Gasteiger partial charge >= 0.3 is 0 Å². The van der Waals surface area contributed by atoms with E-state index in [0.717, 1.165) is 31.8 Å². The van der Waals surface area contributed by atoms with E-state index in [1.807, 2.05) is 0 Å². The van der Waals surface area contributed by atoms with Crippen molar-refractivity contribution < 1.29 is 0 Å². The summed E-state index contributed by atoms with van der Waals surface area (Å²) in [6.07, 6.45) is 7.50. The minimum absolute atomic E-state index is 0.791. The summed E-state index contributed by atoms with van der Waals surface area (Å²) < 4.78 is 0. The van der Waals surface area contributed by atoms with E-state index in [4.69, 9.17) is 0 Å². The molecule has 88 valence electrons. The monoisotopic (exact) mass is 219 g/mol. The fraction of sp³-hybridized carbons (Fsp3) is 0.692. The molecule has 1 saturated carbocycles. The summed E-state index contributed by atoms with van der Waals surface area (Å²) in [5, 5.41) is 3.55. The topological polar surface area (TPSA) is 37.8 Å². The van der Waals surface area contributed by atoms with Crippen LogP contribution in [0.3, 0.4) is 0 Å². The van der Waals surface area contributed by atoms with Crippen LogP contribution in [0.25, 0.3) is 0 Å². The van der Waals surface area contributed by atoms with Crippen LogP contribution in [-0.2, 0) is 19.3 Å². The highest BCUT2D eigenvalue weighted by atomic mass is 14.9. The van der Waals surface area contributed by atoms with E-state index in [9.17, 15) is 0 Å². The lowest BCUT2D eigenvalue weighted by molar-refractivity contribution is 0.671. The first-order valence-electron chi connectivity index (χ1n) is 6.40. The highest BCUT2D eigenvalue weighted by molar-refractivity contribution is 5.25. The van der Waals surface area contributed by atoms with E-state index in [1.54, 1.807) is 6.33 Å². The molecule has 1 aliphatic carbocycles. The third-order valence-corrected chi connectivity index (χ3v) is 3.18. The number of aryl methyl sites for hydroxylation is 2. The van der Waals surface area contributed by atoms with Crippen molar-refractivity contribution in [2.45, 2.75) is 52.0 Å². The molecule has 1 aliphatic rings. The van der Waals surface area contributed by atoms with Crippen LogP contribution in [0.1, 0.15) is 43.6 Å². The highest BCUT2D eigenvalue weighted by Gasteiger charge is 2.20. The number of nitrogens with zero attached hydrogens (tertiary/aromatic N) is 2. The van der Waals surface area contributed by atoms with Gasteiger partial charge in [0.1, 0.15) is 6.33 Å². The molecule has 3 nitrogen and oxygen atoms in total. The van der Waals surface area contributed by atoms with Gasteiger partial charge in [-0.1, -0.05) is 13.8 Å². The normalized spacial score (nSPS) is 15.4. The van der Waals surface area contributed by atoms with Gasteiger partial charge in [0.05, 0.1) is 0 Å². The molecule has 1 aromatic heterocycles. The molecule has 0 atom stereocenters. The molecule has 0 unspecified atom stereocenters. The first kappa shape index (κ1) is 11.5. The van der Waals surface area contributed by atoms with Gasteiger partial charge in [0.15, 0.2) is 0 Å². The molecule has 0 bridgehead atoms. The Hall–Kier alpha value is -0.960. The Kier molecular flexibility index (Phi) is 3.88. The van der Waals surface area contributed by atoms with Gasteiger partial charge in [0.2, 0.25) is 0 Å². The zero-order chi connectivity index (χ0) is 11.4. The lowest BCUT2D eigenvalue weighted by Crippen LogP contribution is -2.21. The van der Waals surface area contributed by atoms with Crippen LogP contribution in [0.4, 0.5) is 0 Å². The molecule has 0 aliphatic heterocycles. The summed E-state index contributed by atoms with van der Waals surface area (Å²) in [4.78, 5) is 8.76. The van der Waals surface area contributed by atoms with E-state index >= 15 is 0 Å². The van der Waals surface area contributed by atoms with Crippen molar-refractivity contribution in [1.29, 1.82) is 0 Å². The maximum Gasteiger partial charge on any atom is 0.115 e. The first-order valence-corrected chi connectivity index (χ1v) is 6.40. The average Bonchev–Trinajstić information content (AvgIpc) is 3.13. The van der Waals surface area contributed by atoms with Crippen molar-refractivity contribution in [3.8, 4) is 0 Å². The molecule has 1 fully saturated rings. The lowest BCUT2D eigenvalue weighted by Gasteiger charge is -2.11. The second-order valence-electron chi connectivity index (χ2n) is 4.43. The van der Waals surface area contributed by atoms with Gasteiger partial charge in [0, 0.05) is 17.4 Å². The molecule has 0 saturated heterocycles. The molecule has 3 heteroatoms. The van der Waals surface area contributed by atoms with Crippen molar-refractivity contribution in [2.75, 3.05) is 6.54 Å². The van der Waals surface area contributed by atoms with E-state index in [1.165, 1.54) is 29.8 Å². The predicted octanol–water partition coefficient (Wildman–Crippen LogP) is 1.90. The van der Waals surface area contributed by atoms with Crippen LogP contribution in [0.5, 0.6) is 0 Å². The molecule has 1 N–H and O–H groups in total. The van der Waals surface area contributed by atoms with Gasteiger partial charge in [-0.15, -0.1) is 0 Å². The van der Waals surface area contributed by atoms with Gasteiger partial charge in [-0.25, -0.2) is 9.97 Å². The number of rotatable bonds is 6. The summed E-state index contributed by atoms with van der Waals surface area (Å²) in [5.41, 5.74) is 3.83. The van der Waals surface area contributed by atoms with Crippen LogP contribution >= 0.6 is 0 Å². The molecular weight excluding hydrogens is 198 g/mol. The summed E-state index contributed by atoms with van der Waals surface area (Å²) >= 11 is 0. The fourth-order valence-corrected chi connectivity index (χ4v) is 2.08. The van der Waals surface area contributed by atoms with Crippen molar-refractivity contribution >= 4 is 0 Å². The fourth-order valence-electron chi connectivity index (χ4n) is 2.08. The van der Waals surface area contributed by atoms with Crippen LogP contribution in [0.15, 0.2) is 6.33 Å². The van der Waals surface area contributed by atoms with Crippen molar-refractivity contribution in [3.05, 3.63) is 23.3 Å². The Labute approximate surface area is 97.7 Å². The highest BCUT2D eigenvalue weighted by Crippen LogP contribution is 2.19. The largest absolute Gasteiger partial charge is 0.314 e. The standard InChI is InChI=1S/C13H21N3/c1-3-12-11(7-8-14-10-5-6-10)13(4-2)16-9-15-12/h9-10,14H,3-8H2,1-2H3. The summed E-state index contributed by atoms with van der Waals surface area (Å²) in [7, 11) is 0. The molecule has 0 radical (unpaired) electrons. The number of hydrogen-bond donors (Lipinski definition) is 1. The van der Waals surface area contributed by atoms with Gasteiger partial charge in [-0.2, -0.15) is 0 Å². The molecule has 2 rings (SSSR count). The minimum atomic E-state index is 0.791. The number of nitrogens with one attached hydrogen (secondary N) is 1. The quantitative estimate of drug-likeness (QED) is 0.794. The Morgan fingerprint density at radius 3 is 2.31 bits per heavy atom. The van der Waals surface area contributed by atoms with Crippen LogP contribution in [0.2, 0.25) is 0 Å². The average molecular weight is 219 g/mol.